The maximum absolute atomic E-state index is 5.57. The molecule has 0 unspecified atom stereocenters. The lowest BCUT2D eigenvalue weighted by Gasteiger charge is -2.19. The fourth-order valence-corrected chi connectivity index (χ4v) is 2.07. The van der Waals surface area contributed by atoms with Gasteiger partial charge in [-0.05, 0) is 36.0 Å². The first-order valence-corrected chi connectivity index (χ1v) is 7.44. The van der Waals surface area contributed by atoms with Crippen LogP contribution in [0.4, 0.5) is 11.7 Å². The van der Waals surface area contributed by atoms with Gasteiger partial charge in [0, 0.05) is 11.7 Å². The second kappa shape index (κ2) is 5.48. The second-order valence-corrected chi connectivity index (χ2v) is 6.61. The Morgan fingerprint density at radius 2 is 1.86 bits per heavy atom. The zero-order valence-electron chi connectivity index (χ0n) is 12.8. The van der Waals surface area contributed by atoms with Crippen LogP contribution < -0.4 is 10.6 Å². The summed E-state index contributed by atoms with van der Waals surface area (Å²) in [5, 5.41) is 14.5. The number of hydrogen-bond donors (Lipinski definition) is 2. The highest BCUT2D eigenvalue weighted by atomic mass is 16.4. The zero-order valence-corrected chi connectivity index (χ0v) is 12.8. The fourth-order valence-electron chi connectivity index (χ4n) is 2.07. The Balaban J connectivity index is 1.60. The van der Waals surface area contributed by atoms with E-state index >= 15 is 0 Å². The summed E-state index contributed by atoms with van der Waals surface area (Å²) in [6, 6.07) is 9.38. The summed E-state index contributed by atoms with van der Waals surface area (Å²) in [4.78, 5) is 0. The monoisotopic (exact) mass is 286 g/mol. The number of rotatable bonds is 5. The minimum absolute atomic E-state index is 0.157. The largest absolute Gasteiger partial charge is 0.406 e. The minimum Gasteiger partial charge on any atom is -0.406 e. The van der Waals surface area contributed by atoms with Crippen LogP contribution in [0.3, 0.4) is 0 Å². The van der Waals surface area contributed by atoms with E-state index in [9.17, 15) is 0 Å². The van der Waals surface area contributed by atoms with Gasteiger partial charge in [-0.1, -0.05) is 38.0 Å². The van der Waals surface area contributed by atoms with E-state index < -0.39 is 0 Å². The van der Waals surface area contributed by atoms with E-state index in [2.05, 4.69) is 53.7 Å². The van der Waals surface area contributed by atoms with Gasteiger partial charge >= 0.3 is 6.01 Å². The lowest BCUT2D eigenvalue weighted by Crippen LogP contribution is -2.15. The Labute approximate surface area is 125 Å². The van der Waals surface area contributed by atoms with Crippen LogP contribution in [-0.4, -0.2) is 16.2 Å². The summed E-state index contributed by atoms with van der Waals surface area (Å²) in [5.41, 5.74) is 2.41. The van der Waals surface area contributed by atoms with E-state index in [-0.39, 0.29) is 5.41 Å². The highest BCUT2D eigenvalue weighted by Gasteiger charge is 2.21. The fraction of sp³-hybridized carbons (Fsp3) is 0.500. The van der Waals surface area contributed by atoms with Gasteiger partial charge in [0.05, 0.1) is 6.54 Å². The van der Waals surface area contributed by atoms with Crippen molar-refractivity contribution in [1.29, 1.82) is 0 Å². The van der Waals surface area contributed by atoms with E-state index in [1.807, 2.05) is 12.1 Å². The molecule has 0 spiro atoms. The molecule has 5 nitrogen and oxygen atoms in total. The molecule has 2 N–H and O–H groups in total. The molecule has 1 aromatic heterocycles. The maximum atomic E-state index is 5.57. The minimum atomic E-state index is 0.157. The predicted octanol–water partition coefficient (Wildman–Crippen LogP) is 3.36. The summed E-state index contributed by atoms with van der Waals surface area (Å²) in [7, 11) is 0. The van der Waals surface area contributed by atoms with Crippen molar-refractivity contribution < 1.29 is 4.42 Å². The number of hydrogen-bond acceptors (Lipinski definition) is 5. The van der Waals surface area contributed by atoms with Crippen LogP contribution >= 0.6 is 0 Å². The van der Waals surface area contributed by atoms with Crippen LogP contribution in [0.15, 0.2) is 28.7 Å². The highest BCUT2D eigenvalue weighted by molar-refractivity contribution is 5.52. The third-order valence-corrected chi connectivity index (χ3v) is 3.59. The van der Waals surface area contributed by atoms with Gasteiger partial charge in [-0.25, -0.2) is 0 Å². The molecule has 0 aliphatic heterocycles. The van der Waals surface area contributed by atoms with Crippen molar-refractivity contribution in [3.63, 3.8) is 0 Å². The third-order valence-electron chi connectivity index (χ3n) is 3.59. The SMILES string of the molecule is CC(C)(C)c1ccc(Nc2nnc(CNC3CC3)o2)cc1. The molecule has 21 heavy (non-hydrogen) atoms. The number of benzene rings is 1. The normalized spacial score (nSPS) is 15.2. The smallest absolute Gasteiger partial charge is 0.320 e. The standard InChI is InChI=1S/C16H22N4O/c1-16(2,3)11-4-6-13(7-5-11)18-15-20-19-14(21-15)10-17-12-8-9-12/h4-7,12,17H,8-10H2,1-3H3,(H,18,20). The zero-order chi connectivity index (χ0) is 14.9. The van der Waals surface area contributed by atoms with Gasteiger partial charge in [-0.3, -0.25) is 0 Å². The number of aromatic nitrogens is 2. The van der Waals surface area contributed by atoms with Crippen LogP contribution in [-0.2, 0) is 12.0 Å². The summed E-state index contributed by atoms with van der Waals surface area (Å²) in [6.07, 6.45) is 2.50. The molecule has 0 bridgehead atoms. The van der Waals surface area contributed by atoms with Gasteiger partial charge < -0.3 is 15.1 Å². The molecule has 0 radical (unpaired) electrons. The second-order valence-electron chi connectivity index (χ2n) is 6.61. The van der Waals surface area contributed by atoms with Crippen LogP contribution in [0.25, 0.3) is 0 Å². The Kier molecular flexibility index (Phi) is 3.68. The van der Waals surface area contributed by atoms with E-state index in [0.717, 1.165) is 5.69 Å². The molecule has 1 heterocycles. The van der Waals surface area contributed by atoms with Gasteiger partial charge in [0.1, 0.15) is 0 Å². The molecular formula is C16H22N4O. The van der Waals surface area contributed by atoms with Gasteiger partial charge in [0.2, 0.25) is 5.89 Å². The van der Waals surface area contributed by atoms with Gasteiger partial charge in [-0.2, -0.15) is 0 Å². The van der Waals surface area contributed by atoms with Crippen LogP contribution in [0.2, 0.25) is 0 Å². The lowest BCUT2D eigenvalue weighted by atomic mass is 9.87. The molecule has 1 saturated carbocycles. The molecule has 3 rings (SSSR count). The van der Waals surface area contributed by atoms with Gasteiger partial charge in [0.25, 0.3) is 0 Å². The van der Waals surface area contributed by atoms with Crippen molar-refractivity contribution in [3.8, 4) is 0 Å². The lowest BCUT2D eigenvalue weighted by molar-refractivity contribution is 0.478. The molecule has 1 aliphatic rings. The van der Waals surface area contributed by atoms with Crippen LogP contribution in [0.5, 0.6) is 0 Å². The van der Waals surface area contributed by atoms with Gasteiger partial charge in [-0.15, -0.1) is 5.10 Å². The Bertz CT molecular complexity index is 593. The van der Waals surface area contributed by atoms with Crippen LogP contribution in [0.1, 0.15) is 45.1 Å². The molecular weight excluding hydrogens is 264 g/mol. The first kappa shape index (κ1) is 14.1. The maximum Gasteiger partial charge on any atom is 0.320 e. The van der Waals surface area contributed by atoms with Crippen molar-refractivity contribution in [1.82, 2.24) is 15.5 Å². The molecule has 0 atom stereocenters. The Hall–Kier alpha value is -1.88. The van der Waals surface area contributed by atoms with Crippen molar-refractivity contribution in [2.75, 3.05) is 5.32 Å². The van der Waals surface area contributed by atoms with E-state index in [1.165, 1.54) is 18.4 Å². The molecule has 0 saturated heterocycles. The van der Waals surface area contributed by atoms with E-state index in [1.54, 1.807) is 0 Å². The summed E-state index contributed by atoms with van der Waals surface area (Å²) in [6.45, 7) is 7.24. The van der Waals surface area contributed by atoms with E-state index in [4.69, 9.17) is 4.42 Å². The molecule has 0 amide bonds. The summed E-state index contributed by atoms with van der Waals surface area (Å²) in [5.74, 6) is 0.621. The quantitative estimate of drug-likeness (QED) is 0.882. The third kappa shape index (κ3) is 3.82. The van der Waals surface area contributed by atoms with Crippen LogP contribution in [0, 0.1) is 0 Å². The van der Waals surface area contributed by atoms with Crippen molar-refractivity contribution in [2.24, 2.45) is 0 Å². The first-order valence-electron chi connectivity index (χ1n) is 7.44. The molecule has 1 aliphatic carbocycles. The molecule has 1 fully saturated rings. The first-order chi connectivity index (χ1) is 10.0. The Morgan fingerprint density at radius 3 is 2.48 bits per heavy atom. The number of nitrogens with zero attached hydrogens (tertiary/aromatic N) is 2. The van der Waals surface area contributed by atoms with Crippen molar-refractivity contribution >= 4 is 11.7 Å². The average Bonchev–Trinajstić information content (AvgIpc) is 3.16. The topological polar surface area (TPSA) is 63.0 Å². The summed E-state index contributed by atoms with van der Waals surface area (Å²) >= 11 is 0. The number of nitrogens with one attached hydrogen (secondary N) is 2. The van der Waals surface area contributed by atoms with Gasteiger partial charge in [0.15, 0.2) is 0 Å². The van der Waals surface area contributed by atoms with E-state index in [0.29, 0.717) is 24.5 Å². The van der Waals surface area contributed by atoms with Crippen molar-refractivity contribution in [3.05, 3.63) is 35.7 Å². The molecule has 5 heteroatoms. The highest BCUT2D eigenvalue weighted by Crippen LogP contribution is 2.24. The predicted molar refractivity (Wildman–Crippen MR) is 82.6 cm³/mol. The van der Waals surface area contributed by atoms with Crippen molar-refractivity contribution in [2.45, 2.75) is 51.6 Å². The molecule has 2 aromatic rings. The molecule has 112 valence electrons. The number of anilines is 2. The average molecular weight is 286 g/mol. The Morgan fingerprint density at radius 1 is 1.14 bits per heavy atom. The summed E-state index contributed by atoms with van der Waals surface area (Å²) < 4.78 is 5.57. The molecule has 1 aromatic carbocycles.